The monoisotopic (exact) mass is 536 g/mol. The Bertz CT molecular complexity index is 1240. The molecule has 0 saturated heterocycles. The van der Waals surface area contributed by atoms with Crippen LogP contribution in [-0.2, 0) is 13.2 Å². The van der Waals surface area contributed by atoms with Crippen molar-refractivity contribution in [3.63, 3.8) is 0 Å². The van der Waals surface area contributed by atoms with Gasteiger partial charge in [0.1, 0.15) is 30.7 Å². The number of methoxy groups -OCH3 is 2. The van der Waals surface area contributed by atoms with Gasteiger partial charge in [0.05, 0.1) is 14.2 Å². The summed E-state index contributed by atoms with van der Waals surface area (Å²) in [6.07, 6.45) is 0. The molecule has 0 bridgehead atoms. The largest absolute Gasteiger partial charge is 0.493 e. The van der Waals surface area contributed by atoms with Crippen LogP contribution >= 0.6 is 0 Å². The minimum atomic E-state index is -0.412. The van der Waals surface area contributed by atoms with Crippen molar-refractivity contribution in [3.8, 4) is 23.0 Å². The third-order valence-corrected chi connectivity index (χ3v) is 5.64. The fraction of sp³-hybridized carbons (Fsp3) is 0.333. The van der Waals surface area contributed by atoms with Crippen LogP contribution in [0.3, 0.4) is 0 Å². The number of hydrogen-bond donors (Lipinski definition) is 2. The fourth-order valence-electron chi connectivity index (χ4n) is 3.76. The van der Waals surface area contributed by atoms with Crippen LogP contribution in [0, 0.1) is 5.82 Å². The van der Waals surface area contributed by atoms with E-state index in [1.807, 2.05) is 27.7 Å². The van der Waals surface area contributed by atoms with Gasteiger partial charge < -0.3 is 30.4 Å². The zero-order chi connectivity index (χ0) is 28.5. The first-order valence-corrected chi connectivity index (χ1v) is 12.7. The van der Waals surface area contributed by atoms with Crippen molar-refractivity contribution in [1.29, 1.82) is 0 Å². The molecule has 0 heterocycles. The van der Waals surface area contributed by atoms with Gasteiger partial charge in [-0.15, -0.1) is 0 Å². The molecular formula is C30H37FN4O4. The van der Waals surface area contributed by atoms with Gasteiger partial charge in [-0.25, -0.2) is 4.39 Å². The molecule has 208 valence electrons. The summed E-state index contributed by atoms with van der Waals surface area (Å²) in [6, 6.07) is 15.8. The molecule has 0 aliphatic carbocycles. The summed E-state index contributed by atoms with van der Waals surface area (Å²) in [5.41, 5.74) is 14.3. The van der Waals surface area contributed by atoms with Crippen molar-refractivity contribution in [2.75, 3.05) is 14.2 Å². The molecule has 0 aliphatic heterocycles. The van der Waals surface area contributed by atoms with E-state index < -0.39 is 5.82 Å². The zero-order valence-electron chi connectivity index (χ0n) is 23.3. The van der Waals surface area contributed by atoms with Crippen molar-refractivity contribution < 1.29 is 23.3 Å². The molecule has 3 aromatic carbocycles. The Morgan fingerprint density at radius 2 is 1.10 bits per heavy atom. The number of nitrogens with two attached hydrogens (primary N) is 2. The van der Waals surface area contributed by atoms with Gasteiger partial charge in [0, 0.05) is 34.3 Å². The molecule has 4 N–H and O–H groups in total. The molecule has 0 amide bonds. The van der Waals surface area contributed by atoms with E-state index in [-0.39, 0.29) is 25.3 Å². The number of nitrogens with zero attached hydrogens (tertiary/aromatic N) is 2. The summed E-state index contributed by atoms with van der Waals surface area (Å²) in [5, 5.41) is 0. The second kappa shape index (κ2) is 13.5. The molecule has 0 fully saturated rings. The van der Waals surface area contributed by atoms with Crippen LogP contribution in [0.1, 0.15) is 49.9 Å². The summed E-state index contributed by atoms with van der Waals surface area (Å²) in [4.78, 5) is 8.72. The van der Waals surface area contributed by atoms with Gasteiger partial charge in [0.2, 0.25) is 0 Å². The Morgan fingerprint density at radius 1 is 0.692 bits per heavy atom. The van der Waals surface area contributed by atoms with E-state index in [0.717, 1.165) is 11.1 Å². The molecule has 0 saturated carbocycles. The van der Waals surface area contributed by atoms with E-state index in [1.165, 1.54) is 14.2 Å². The Balaban J connectivity index is 1.72. The second-order valence-electron chi connectivity index (χ2n) is 9.42. The molecule has 3 rings (SSSR count). The first kappa shape index (κ1) is 29.3. The number of amidine groups is 2. The van der Waals surface area contributed by atoms with E-state index in [0.29, 0.717) is 45.8 Å². The Labute approximate surface area is 229 Å². The van der Waals surface area contributed by atoms with Crippen molar-refractivity contribution in [2.45, 2.75) is 53.0 Å². The van der Waals surface area contributed by atoms with E-state index >= 15 is 4.39 Å². The van der Waals surface area contributed by atoms with E-state index in [4.69, 9.17) is 30.4 Å². The summed E-state index contributed by atoms with van der Waals surface area (Å²) in [7, 11) is 3.07. The highest BCUT2D eigenvalue weighted by Gasteiger charge is 2.14. The average molecular weight is 537 g/mol. The van der Waals surface area contributed by atoms with Gasteiger partial charge in [-0.05, 0) is 64.1 Å². The molecule has 0 aliphatic rings. The van der Waals surface area contributed by atoms with E-state index in [1.54, 1.807) is 54.6 Å². The number of hydrogen-bond acceptors (Lipinski definition) is 6. The minimum absolute atomic E-state index is 0.00255. The van der Waals surface area contributed by atoms with Crippen LogP contribution in [0.15, 0.2) is 64.6 Å². The average Bonchev–Trinajstić information content (AvgIpc) is 2.90. The van der Waals surface area contributed by atoms with Crippen molar-refractivity contribution in [2.24, 2.45) is 21.5 Å². The molecule has 0 radical (unpaired) electrons. The van der Waals surface area contributed by atoms with Crippen LogP contribution in [0.5, 0.6) is 23.0 Å². The summed E-state index contributed by atoms with van der Waals surface area (Å²) < 4.78 is 38.1. The van der Waals surface area contributed by atoms with Gasteiger partial charge in [0.25, 0.3) is 0 Å². The van der Waals surface area contributed by atoms with Crippen LogP contribution in [0.25, 0.3) is 0 Å². The van der Waals surface area contributed by atoms with Crippen molar-refractivity contribution in [1.82, 2.24) is 0 Å². The molecule has 0 atom stereocenters. The standard InChI is InChI=1S/C30H37FN4O4/c1-18(2)34-29(32)20-10-12-24(26(14-20)36-5)38-16-22-8-7-9-23(28(22)31)17-39-25-13-11-21(15-27(25)37-6)30(33)35-19(3)4/h7-15,18-19H,16-17H2,1-6H3,(H2,32,34)(H2,33,35). The minimum Gasteiger partial charge on any atom is -0.493 e. The number of ether oxygens (including phenoxy) is 4. The van der Waals surface area contributed by atoms with E-state index in [2.05, 4.69) is 9.98 Å². The lowest BCUT2D eigenvalue weighted by atomic mass is 10.1. The van der Waals surface area contributed by atoms with Gasteiger partial charge in [-0.2, -0.15) is 0 Å². The highest BCUT2D eigenvalue weighted by molar-refractivity contribution is 5.98. The zero-order valence-corrected chi connectivity index (χ0v) is 23.3. The summed E-state index contributed by atoms with van der Waals surface area (Å²) >= 11 is 0. The smallest absolute Gasteiger partial charge is 0.161 e. The number of benzene rings is 3. The molecule has 0 aromatic heterocycles. The normalized spacial score (nSPS) is 12.1. The maximum Gasteiger partial charge on any atom is 0.161 e. The molecule has 0 unspecified atom stereocenters. The van der Waals surface area contributed by atoms with Crippen LogP contribution < -0.4 is 30.4 Å². The molecular weight excluding hydrogens is 499 g/mol. The highest BCUT2D eigenvalue weighted by Crippen LogP contribution is 2.31. The van der Waals surface area contributed by atoms with Gasteiger partial charge >= 0.3 is 0 Å². The van der Waals surface area contributed by atoms with Crippen LogP contribution in [0.4, 0.5) is 4.39 Å². The van der Waals surface area contributed by atoms with Gasteiger partial charge in [-0.3, -0.25) is 9.98 Å². The maximum atomic E-state index is 15.3. The maximum absolute atomic E-state index is 15.3. The number of rotatable bonds is 12. The molecule has 9 heteroatoms. The molecule has 8 nitrogen and oxygen atoms in total. The summed E-state index contributed by atoms with van der Waals surface area (Å²) in [6.45, 7) is 7.78. The SMILES string of the molecule is COc1cc(C(N)=NC(C)C)ccc1OCc1cccc(COc2ccc(C(N)=NC(C)C)cc2OC)c1F. The quantitative estimate of drug-likeness (QED) is 0.242. The molecule has 3 aromatic rings. The predicted octanol–water partition coefficient (Wildman–Crippen LogP) is 5.23. The summed E-state index contributed by atoms with van der Waals surface area (Å²) in [5.74, 6) is 2.28. The fourth-order valence-corrected chi connectivity index (χ4v) is 3.76. The van der Waals surface area contributed by atoms with Crippen LogP contribution in [-0.4, -0.2) is 38.0 Å². The lowest BCUT2D eigenvalue weighted by Crippen LogP contribution is -2.16. The lowest BCUT2D eigenvalue weighted by Gasteiger charge is -2.15. The highest BCUT2D eigenvalue weighted by atomic mass is 19.1. The molecule has 39 heavy (non-hydrogen) atoms. The third kappa shape index (κ3) is 7.86. The Hall–Kier alpha value is -4.27. The Morgan fingerprint density at radius 3 is 1.46 bits per heavy atom. The number of aliphatic imine (C=N–C) groups is 2. The third-order valence-electron chi connectivity index (χ3n) is 5.64. The topological polar surface area (TPSA) is 114 Å². The molecule has 0 spiro atoms. The lowest BCUT2D eigenvalue weighted by molar-refractivity contribution is 0.270. The predicted molar refractivity (Wildman–Crippen MR) is 153 cm³/mol. The Kier molecular flexibility index (Phi) is 10.1. The first-order valence-electron chi connectivity index (χ1n) is 12.7. The van der Waals surface area contributed by atoms with Crippen molar-refractivity contribution in [3.05, 3.63) is 82.7 Å². The van der Waals surface area contributed by atoms with Crippen LogP contribution in [0.2, 0.25) is 0 Å². The van der Waals surface area contributed by atoms with E-state index in [9.17, 15) is 0 Å². The van der Waals surface area contributed by atoms with Gasteiger partial charge in [-0.1, -0.05) is 18.2 Å². The second-order valence-corrected chi connectivity index (χ2v) is 9.42. The van der Waals surface area contributed by atoms with Crippen molar-refractivity contribution >= 4 is 11.7 Å². The number of halogens is 1. The first-order chi connectivity index (χ1) is 18.6. The van der Waals surface area contributed by atoms with Gasteiger partial charge in [0.15, 0.2) is 23.0 Å².